The number of imidazole rings is 1. The van der Waals surface area contributed by atoms with E-state index in [9.17, 15) is 19.7 Å². The van der Waals surface area contributed by atoms with Crippen molar-refractivity contribution < 1.29 is 9.66 Å². The Bertz CT molecular complexity index is 1510. The summed E-state index contributed by atoms with van der Waals surface area (Å²) in [4.78, 5) is 42.3. The summed E-state index contributed by atoms with van der Waals surface area (Å²) in [5.74, 6) is 0. The third-order valence-electron chi connectivity index (χ3n) is 6.14. The third-order valence-corrected chi connectivity index (χ3v) is 6.14. The second kappa shape index (κ2) is 8.71. The van der Waals surface area contributed by atoms with Crippen LogP contribution < -0.4 is 11.2 Å². The minimum atomic E-state index is -0.470. The number of para-hydroxylation sites is 1. The average Bonchev–Trinajstić information content (AvgIpc) is 3.48. The van der Waals surface area contributed by atoms with Gasteiger partial charge in [0.15, 0.2) is 11.2 Å². The van der Waals surface area contributed by atoms with E-state index in [0.717, 1.165) is 18.4 Å². The number of nitro groups is 1. The molecule has 1 aliphatic rings. The SMILES string of the molecule is Cc1ccccc1-n1c(=O)n(CC2CCCO2)c(=O)c2c1ncn2Cc1cccc([N+](=O)[O-])c1. The molecule has 0 spiro atoms. The largest absolute Gasteiger partial charge is 0.376 e. The number of nitrogens with zero attached hydrogens (tertiary/aromatic N) is 5. The van der Waals surface area contributed by atoms with Gasteiger partial charge in [-0.3, -0.25) is 19.5 Å². The quantitative estimate of drug-likeness (QED) is 0.322. The molecule has 10 heteroatoms. The predicted molar refractivity (Wildman–Crippen MR) is 125 cm³/mol. The van der Waals surface area contributed by atoms with Crippen LogP contribution >= 0.6 is 0 Å². The second-order valence-corrected chi connectivity index (χ2v) is 8.43. The smallest absolute Gasteiger partial charge is 0.337 e. The predicted octanol–water partition coefficient (Wildman–Crippen LogP) is 2.79. The van der Waals surface area contributed by atoms with Crippen LogP contribution in [0, 0.1) is 17.0 Å². The van der Waals surface area contributed by atoms with Crippen molar-refractivity contribution in [1.82, 2.24) is 18.7 Å². The van der Waals surface area contributed by atoms with Gasteiger partial charge in [-0.05, 0) is 37.0 Å². The molecule has 34 heavy (non-hydrogen) atoms. The topological polar surface area (TPSA) is 114 Å². The van der Waals surface area contributed by atoms with E-state index in [1.807, 2.05) is 31.2 Å². The first-order valence-corrected chi connectivity index (χ1v) is 11.1. The Kier molecular flexibility index (Phi) is 5.58. The lowest BCUT2D eigenvalue weighted by molar-refractivity contribution is -0.384. The van der Waals surface area contributed by atoms with Gasteiger partial charge < -0.3 is 9.30 Å². The molecule has 1 aliphatic heterocycles. The third kappa shape index (κ3) is 3.81. The Morgan fingerprint density at radius 2 is 2.00 bits per heavy atom. The number of aromatic nitrogens is 4. The molecule has 0 bridgehead atoms. The van der Waals surface area contributed by atoms with Crippen molar-refractivity contribution in [2.45, 2.75) is 39.0 Å². The van der Waals surface area contributed by atoms with Crippen LogP contribution in [0.3, 0.4) is 0 Å². The molecule has 0 aliphatic carbocycles. The van der Waals surface area contributed by atoms with E-state index < -0.39 is 16.2 Å². The Hall–Kier alpha value is -4.05. The number of aryl methyl sites for hydroxylation is 1. The number of benzene rings is 2. The van der Waals surface area contributed by atoms with Crippen LogP contribution in [0.15, 0.2) is 64.4 Å². The van der Waals surface area contributed by atoms with Crippen LogP contribution in [0.2, 0.25) is 0 Å². The zero-order chi connectivity index (χ0) is 23.8. The van der Waals surface area contributed by atoms with E-state index >= 15 is 0 Å². The van der Waals surface area contributed by atoms with Gasteiger partial charge in [0.2, 0.25) is 0 Å². The standard InChI is InChI=1S/C24H23N5O5/c1-16-6-2-3-10-20(16)28-22-21(23(30)27(24(28)31)14-19-9-5-11-34-19)26(15-25-22)13-17-7-4-8-18(12-17)29(32)33/h2-4,6-8,10,12,15,19H,5,9,11,13-14H2,1H3. The zero-order valence-corrected chi connectivity index (χ0v) is 18.6. The van der Waals surface area contributed by atoms with E-state index in [1.165, 1.54) is 27.6 Å². The van der Waals surface area contributed by atoms with Gasteiger partial charge in [0.1, 0.15) is 0 Å². The average molecular weight is 461 g/mol. The first-order chi connectivity index (χ1) is 16.4. The molecular formula is C24H23N5O5. The molecule has 0 saturated carbocycles. The second-order valence-electron chi connectivity index (χ2n) is 8.43. The lowest BCUT2D eigenvalue weighted by Crippen LogP contribution is -2.42. The highest BCUT2D eigenvalue weighted by molar-refractivity contribution is 5.73. The molecule has 1 unspecified atom stereocenters. The first kappa shape index (κ1) is 21.8. The molecule has 4 aromatic rings. The summed E-state index contributed by atoms with van der Waals surface area (Å²) in [6, 6.07) is 13.7. The summed E-state index contributed by atoms with van der Waals surface area (Å²) in [5, 5.41) is 11.2. The summed E-state index contributed by atoms with van der Waals surface area (Å²) < 4.78 is 10.0. The van der Waals surface area contributed by atoms with Crippen molar-refractivity contribution in [1.29, 1.82) is 0 Å². The van der Waals surface area contributed by atoms with E-state index in [0.29, 0.717) is 17.9 Å². The summed E-state index contributed by atoms with van der Waals surface area (Å²) in [6.45, 7) is 2.85. The van der Waals surface area contributed by atoms with E-state index in [-0.39, 0.29) is 36.0 Å². The molecule has 10 nitrogen and oxygen atoms in total. The fraction of sp³-hybridized carbons (Fsp3) is 0.292. The highest BCUT2D eigenvalue weighted by atomic mass is 16.6. The number of ether oxygens (including phenoxy) is 1. The molecule has 0 amide bonds. The fourth-order valence-electron chi connectivity index (χ4n) is 4.45. The molecule has 3 heterocycles. The van der Waals surface area contributed by atoms with Crippen molar-refractivity contribution in [2.24, 2.45) is 0 Å². The monoisotopic (exact) mass is 461 g/mol. The molecule has 5 rings (SSSR count). The van der Waals surface area contributed by atoms with Crippen molar-refractivity contribution in [3.8, 4) is 5.69 Å². The molecule has 1 fully saturated rings. The van der Waals surface area contributed by atoms with Crippen LogP contribution in [0.1, 0.15) is 24.0 Å². The summed E-state index contributed by atoms with van der Waals surface area (Å²) in [6.07, 6.45) is 2.95. The maximum Gasteiger partial charge on any atom is 0.337 e. The van der Waals surface area contributed by atoms with Gasteiger partial charge in [0.05, 0.1) is 29.6 Å². The van der Waals surface area contributed by atoms with Gasteiger partial charge in [0, 0.05) is 25.3 Å². The highest BCUT2D eigenvalue weighted by Gasteiger charge is 2.24. The van der Waals surface area contributed by atoms with Crippen LogP contribution in [0.25, 0.3) is 16.9 Å². The van der Waals surface area contributed by atoms with Gasteiger partial charge in [-0.2, -0.15) is 0 Å². The van der Waals surface area contributed by atoms with E-state index in [2.05, 4.69) is 4.98 Å². The van der Waals surface area contributed by atoms with Gasteiger partial charge in [-0.1, -0.05) is 30.3 Å². The summed E-state index contributed by atoms with van der Waals surface area (Å²) in [5.41, 5.74) is 1.69. The molecule has 0 radical (unpaired) electrons. The van der Waals surface area contributed by atoms with Crippen molar-refractivity contribution in [3.63, 3.8) is 0 Å². The molecule has 1 saturated heterocycles. The zero-order valence-electron chi connectivity index (χ0n) is 18.6. The van der Waals surface area contributed by atoms with Crippen LogP contribution in [0.5, 0.6) is 0 Å². The van der Waals surface area contributed by atoms with Crippen molar-refractivity contribution in [3.05, 3.63) is 96.9 Å². The van der Waals surface area contributed by atoms with Crippen LogP contribution in [0.4, 0.5) is 5.69 Å². The van der Waals surface area contributed by atoms with E-state index in [1.54, 1.807) is 16.7 Å². The normalized spacial score (nSPS) is 15.7. The minimum absolute atomic E-state index is 0.0328. The number of non-ortho nitro benzene ring substituents is 1. The Labute approximate surface area is 193 Å². The van der Waals surface area contributed by atoms with Crippen LogP contribution in [-0.2, 0) is 17.8 Å². The summed E-state index contributed by atoms with van der Waals surface area (Å²) in [7, 11) is 0. The van der Waals surface area contributed by atoms with E-state index in [4.69, 9.17) is 4.74 Å². The Morgan fingerprint density at radius 3 is 2.74 bits per heavy atom. The Balaban J connectivity index is 1.72. The molecular weight excluding hydrogens is 438 g/mol. The summed E-state index contributed by atoms with van der Waals surface area (Å²) >= 11 is 0. The number of hydrogen-bond acceptors (Lipinski definition) is 6. The maximum atomic E-state index is 13.6. The number of rotatable bonds is 6. The van der Waals surface area contributed by atoms with Gasteiger partial charge in [-0.25, -0.2) is 14.3 Å². The number of nitro benzene ring substituents is 1. The lowest BCUT2D eigenvalue weighted by atomic mass is 10.2. The number of fused-ring (bicyclic) bond motifs is 1. The molecule has 174 valence electrons. The molecule has 2 aromatic carbocycles. The Morgan fingerprint density at radius 1 is 1.18 bits per heavy atom. The minimum Gasteiger partial charge on any atom is -0.376 e. The fourth-order valence-corrected chi connectivity index (χ4v) is 4.45. The maximum absolute atomic E-state index is 13.6. The molecule has 0 N–H and O–H groups in total. The number of hydrogen-bond donors (Lipinski definition) is 0. The molecule has 1 atom stereocenters. The van der Waals surface area contributed by atoms with Crippen molar-refractivity contribution >= 4 is 16.9 Å². The van der Waals surface area contributed by atoms with Gasteiger partial charge in [-0.15, -0.1) is 0 Å². The highest BCUT2D eigenvalue weighted by Crippen LogP contribution is 2.20. The lowest BCUT2D eigenvalue weighted by Gasteiger charge is -2.16. The first-order valence-electron chi connectivity index (χ1n) is 11.1. The van der Waals surface area contributed by atoms with Gasteiger partial charge >= 0.3 is 5.69 Å². The van der Waals surface area contributed by atoms with Crippen LogP contribution in [-0.4, -0.2) is 36.3 Å². The molecule has 2 aromatic heterocycles. The van der Waals surface area contributed by atoms with Gasteiger partial charge in [0.25, 0.3) is 11.2 Å². The van der Waals surface area contributed by atoms with Crippen molar-refractivity contribution in [2.75, 3.05) is 6.61 Å².